The molecule has 24 heavy (non-hydrogen) atoms. The van der Waals surface area contributed by atoms with Gasteiger partial charge in [-0.3, -0.25) is 14.9 Å². The molecule has 2 aromatic rings. The van der Waals surface area contributed by atoms with E-state index in [1.165, 1.54) is 7.11 Å². The summed E-state index contributed by atoms with van der Waals surface area (Å²) >= 11 is 0. The number of phenolic OH excluding ortho intramolecular Hbond substituents is 1. The molecule has 0 aliphatic carbocycles. The van der Waals surface area contributed by atoms with Crippen LogP contribution in [0.15, 0.2) is 17.2 Å². The number of nitrogens with two attached hydrogens (primary N) is 1. The molecule has 1 aromatic carbocycles. The number of nitro groups is 1. The molecule has 1 heterocycles. The van der Waals surface area contributed by atoms with Gasteiger partial charge in [0.15, 0.2) is 11.5 Å². The second kappa shape index (κ2) is 6.99. The summed E-state index contributed by atoms with van der Waals surface area (Å²) < 4.78 is 4.84. The fourth-order valence-corrected chi connectivity index (χ4v) is 1.63. The summed E-state index contributed by atoms with van der Waals surface area (Å²) in [6, 6.07) is 2.14. The van der Waals surface area contributed by atoms with E-state index in [-0.39, 0.29) is 35.2 Å². The number of non-ortho nitro benzene ring substituents is 1. The Hall–Kier alpha value is -3.77. The van der Waals surface area contributed by atoms with Crippen molar-refractivity contribution in [2.24, 2.45) is 5.10 Å². The Morgan fingerprint density at radius 1 is 1.62 bits per heavy atom. The number of ether oxygens (including phenoxy) is 1. The minimum absolute atomic E-state index is 0.00975. The van der Waals surface area contributed by atoms with Gasteiger partial charge in [-0.25, -0.2) is 5.43 Å². The molecule has 0 aliphatic rings. The highest BCUT2D eigenvalue weighted by molar-refractivity contribution is 5.87. The van der Waals surface area contributed by atoms with Crippen LogP contribution in [0.25, 0.3) is 0 Å². The van der Waals surface area contributed by atoms with E-state index in [1.807, 2.05) is 0 Å². The number of benzene rings is 1. The first-order valence-electron chi connectivity index (χ1n) is 6.31. The molecule has 13 nitrogen and oxygen atoms in total. The average Bonchev–Trinajstić information content (AvgIpc) is 2.93. The number of hydrogen-bond donors (Lipinski definition) is 3. The van der Waals surface area contributed by atoms with Crippen molar-refractivity contribution in [3.05, 3.63) is 27.8 Å². The number of rotatable bonds is 6. The monoisotopic (exact) mass is 336 g/mol. The fourth-order valence-electron chi connectivity index (χ4n) is 1.63. The number of carbonyl (C=O) groups excluding carboxylic acids is 1. The molecule has 0 atom stereocenters. The van der Waals surface area contributed by atoms with Gasteiger partial charge in [-0.05, 0) is 5.21 Å². The molecular formula is C11H12N8O5. The van der Waals surface area contributed by atoms with E-state index >= 15 is 0 Å². The third-order valence-corrected chi connectivity index (χ3v) is 2.67. The molecule has 2 rings (SSSR count). The number of nitrogen functional groups attached to an aromatic ring is 1. The highest BCUT2D eigenvalue weighted by Gasteiger charge is 2.15. The van der Waals surface area contributed by atoms with Gasteiger partial charge in [0.2, 0.25) is 0 Å². The van der Waals surface area contributed by atoms with Crippen LogP contribution < -0.4 is 15.9 Å². The number of nitrogens with zero attached hydrogens (tertiary/aromatic N) is 6. The average molecular weight is 336 g/mol. The van der Waals surface area contributed by atoms with Crippen LogP contribution in [-0.4, -0.2) is 49.5 Å². The third-order valence-electron chi connectivity index (χ3n) is 2.67. The predicted molar refractivity (Wildman–Crippen MR) is 79.3 cm³/mol. The lowest BCUT2D eigenvalue weighted by atomic mass is 10.2. The Balaban J connectivity index is 2.09. The second-order valence-electron chi connectivity index (χ2n) is 4.31. The van der Waals surface area contributed by atoms with Gasteiger partial charge in [-0.15, -0.1) is 5.10 Å². The first-order valence-corrected chi connectivity index (χ1v) is 6.31. The van der Waals surface area contributed by atoms with Crippen molar-refractivity contribution in [3.8, 4) is 11.5 Å². The predicted octanol–water partition coefficient (Wildman–Crippen LogP) is -0.972. The van der Waals surface area contributed by atoms with Crippen LogP contribution in [0.4, 0.5) is 11.6 Å². The summed E-state index contributed by atoms with van der Waals surface area (Å²) in [5.41, 5.74) is 7.08. The summed E-state index contributed by atoms with van der Waals surface area (Å²) in [7, 11) is 1.25. The molecule has 126 valence electrons. The van der Waals surface area contributed by atoms with E-state index in [2.05, 4.69) is 25.9 Å². The van der Waals surface area contributed by atoms with Crippen LogP contribution in [0.1, 0.15) is 5.56 Å². The molecular weight excluding hydrogens is 324 g/mol. The van der Waals surface area contributed by atoms with Gasteiger partial charge >= 0.3 is 0 Å². The minimum Gasteiger partial charge on any atom is -0.504 e. The Bertz CT molecular complexity index is 802. The van der Waals surface area contributed by atoms with Gasteiger partial charge in [0.05, 0.1) is 24.3 Å². The van der Waals surface area contributed by atoms with Crippen molar-refractivity contribution in [3.63, 3.8) is 0 Å². The number of aromatic nitrogens is 4. The SMILES string of the molecule is COc1cc([N+](=O)[O-])cc(/C=N\NC(=O)Cn2nnc(N)n2)c1O. The molecule has 4 N–H and O–H groups in total. The molecule has 0 bridgehead atoms. The number of hydrogen-bond acceptors (Lipinski definition) is 10. The summed E-state index contributed by atoms with van der Waals surface area (Å²) in [4.78, 5) is 22.7. The zero-order valence-electron chi connectivity index (χ0n) is 12.3. The van der Waals surface area contributed by atoms with Crippen LogP contribution in [0.5, 0.6) is 11.5 Å². The summed E-state index contributed by atoms with van der Waals surface area (Å²) in [5, 5.41) is 34.8. The molecule has 1 aromatic heterocycles. The normalized spacial score (nSPS) is 10.7. The van der Waals surface area contributed by atoms with E-state index < -0.39 is 10.8 Å². The number of phenols is 1. The number of amides is 1. The molecule has 0 radical (unpaired) electrons. The molecule has 13 heteroatoms. The van der Waals surface area contributed by atoms with Crippen LogP contribution in [0, 0.1) is 10.1 Å². The van der Waals surface area contributed by atoms with Gasteiger partial charge < -0.3 is 15.6 Å². The lowest BCUT2D eigenvalue weighted by molar-refractivity contribution is -0.385. The van der Waals surface area contributed by atoms with Crippen molar-refractivity contribution < 1.29 is 19.6 Å². The van der Waals surface area contributed by atoms with Crippen molar-refractivity contribution in [1.82, 2.24) is 25.6 Å². The number of hydrazone groups is 1. The van der Waals surface area contributed by atoms with E-state index in [0.29, 0.717) is 0 Å². The van der Waals surface area contributed by atoms with Gasteiger partial charge in [-0.1, -0.05) is 5.10 Å². The lowest BCUT2D eigenvalue weighted by Gasteiger charge is -2.05. The molecule has 0 aliphatic heterocycles. The molecule has 0 unspecified atom stereocenters. The van der Waals surface area contributed by atoms with E-state index in [1.54, 1.807) is 0 Å². The smallest absolute Gasteiger partial charge is 0.274 e. The van der Waals surface area contributed by atoms with Crippen molar-refractivity contribution in [2.75, 3.05) is 12.8 Å². The zero-order chi connectivity index (χ0) is 17.7. The highest BCUT2D eigenvalue weighted by atomic mass is 16.6. The topological polar surface area (TPSA) is 184 Å². The van der Waals surface area contributed by atoms with E-state index in [4.69, 9.17) is 10.5 Å². The quantitative estimate of drug-likeness (QED) is 0.339. The molecule has 1 amide bonds. The van der Waals surface area contributed by atoms with Crippen molar-refractivity contribution >= 4 is 23.8 Å². The number of nitro benzene ring substituents is 1. The van der Waals surface area contributed by atoms with Gasteiger partial charge in [0.25, 0.3) is 17.5 Å². The standard InChI is InChI=1S/C11H12N8O5/c1-24-8-3-7(19(22)23)2-6(10(8)21)4-13-14-9(20)5-18-16-11(12)15-17-18/h2-4,21H,5H2,1H3,(H2,12,16)(H,14,20)/b13-4-. The van der Waals surface area contributed by atoms with Gasteiger partial charge in [0.1, 0.15) is 6.54 Å². The highest BCUT2D eigenvalue weighted by Crippen LogP contribution is 2.33. The van der Waals surface area contributed by atoms with Crippen LogP contribution in [-0.2, 0) is 11.3 Å². The third kappa shape index (κ3) is 3.90. The summed E-state index contributed by atoms with van der Waals surface area (Å²) in [6.07, 6.45) is 1.03. The van der Waals surface area contributed by atoms with Gasteiger partial charge in [-0.2, -0.15) is 9.90 Å². The number of carbonyl (C=O) groups is 1. The van der Waals surface area contributed by atoms with E-state index in [9.17, 15) is 20.0 Å². The maximum atomic E-state index is 11.6. The number of anilines is 1. The zero-order valence-corrected chi connectivity index (χ0v) is 12.3. The van der Waals surface area contributed by atoms with Crippen LogP contribution in [0.2, 0.25) is 0 Å². The number of aromatic hydroxyl groups is 1. The fraction of sp³-hybridized carbons (Fsp3) is 0.182. The largest absolute Gasteiger partial charge is 0.504 e. The second-order valence-corrected chi connectivity index (χ2v) is 4.31. The summed E-state index contributed by atoms with van der Waals surface area (Å²) in [6.45, 7) is -0.286. The minimum atomic E-state index is -0.654. The van der Waals surface area contributed by atoms with Gasteiger partial charge in [0, 0.05) is 11.6 Å². The number of nitrogens with one attached hydrogen (secondary N) is 1. The number of tetrazole rings is 1. The first-order chi connectivity index (χ1) is 11.4. The van der Waals surface area contributed by atoms with Crippen molar-refractivity contribution in [1.29, 1.82) is 0 Å². The van der Waals surface area contributed by atoms with Crippen LogP contribution >= 0.6 is 0 Å². The van der Waals surface area contributed by atoms with Crippen LogP contribution in [0.3, 0.4) is 0 Å². The number of methoxy groups -OCH3 is 1. The Labute approximate surface area is 133 Å². The summed E-state index contributed by atoms with van der Waals surface area (Å²) in [5.74, 6) is -1.13. The molecule has 0 fully saturated rings. The molecule has 0 spiro atoms. The molecule has 0 saturated carbocycles. The first kappa shape index (κ1) is 16.6. The Kier molecular flexibility index (Phi) is 4.84. The molecule has 0 saturated heterocycles. The Morgan fingerprint density at radius 3 is 2.96 bits per heavy atom. The maximum absolute atomic E-state index is 11.6. The lowest BCUT2D eigenvalue weighted by Crippen LogP contribution is -2.24. The van der Waals surface area contributed by atoms with Crippen molar-refractivity contribution in [2.45, 2.75) is 6.54 Å². The Morgan fingerprint density at radius 2 is 2.38 bits per heavy atom. The van der Waals surface area contributed by atoms with E-state index in [0.717, 1.165) is 23.1 Å². The maximum Gasteiger partial charge on any atom is 0.274 e.